The minimum Gasteiger partial charge on any atom is -0.378 e. The summed E-state index contributed by atoms with van der Waals surface area (Å²) < 4.78 is 13.6. The van der Waals surface area contributed by atoms with Gasteiger partial charge in [0.05, 0.1) is 5.75 Å². The van der Waals surface area contributed by atoms with Crippen molar-refractivity contribution >= 4 is 17.7 Å². The maximum absolute atomic E-state index is 13.6. The summed E-state index contributed by atoms with van der Waals surface area (Å²) in [6, 6.07) is 13.2. The Morgan fingerprint density at radius 3 is 2.62 bits per heavy atom. The SMILES string of the molecule is Cc1ccc(CN[C@H](O)C2CCN(C(=O)CSc3ccccc3C)CC2)cc1F. The predicted molar refractivity (Wildman–Crippen MR) is 115 cm³/mol. The molecular formula is C23H29FN2O2S. The Labute approximate surface area is 176 Å². The summed E-state index contributed by atoms with van der Waals surface area (Å²) in [5.41, 5.74) is 2.62. The summed E-state index contributed by atoms with van der Waals surface area (Å²) in [5.74, 6) is 0.455. The Bertz CT molecular complexity index is 837. The van der Waals surface area contributed by atoms with Gasteiger partial charge in [-0.2, -0.15) is 0 Å². The molecule has 2 aromatic rings. The van der Waals surface area contributed by atoms with E-state index in [0.29, 0.717) is 31.0 Å². The largest absolute Gasteiger partial charge is 0.378 e. The molecular weight excluding hydrogens is 387 g/mol. The number of hydrogen-bond donors (Lipinski definition) is 2. The lowest BCUT2D eigenvalue weighted by Gasteiger charge is -2.34. The van der Waals surface area contributed by atoms with Crippen LogP contribution in [0.25, 0.3) is 0 Å². The van der Waals surface area contributed by atoms with Crippen LogP contribution in [0.5, 0.6) is 0 Å². The van der Waals surface area contributed by atoms with Gasteiger partial charge in [-0.25, -0.2) is 4.39 Å². The van der Waals surface area contributed by atoms with Crippen LogP contribution in [0.3, 0.4) is 0 Å². The summed E-state index contributed by atoms with van der Waals surface area (Å²) in [4.78, 5) is 15.6. The van der Waals surface area contributed by atoms with E-state index in [2.05, 4.69) is 18.3 Å². The quantitative estimate of drug-likeness (QED) is 0.531. The van der Waals surface area contributed by atoms with Gasteiger partial charge < -0.3 is 10.0 Å². The molecule has 0 bridgehead atoms. The first-order chi connectivity index (χ1) is 13.9. The van der Waals surface area contributed by atoms with Gasteiger partial charge in [0.2, 0.25) is 5.91 Å². The van der Waals surface area contributed by atoms with Crippen molar-refractivity contribution in [2.45, 2.75) is 44.4 Å². The molecule has 2 aromatic carbocycles. The number of likely N-dealkylation sites (tertiary alicyclic amines) is 1. The lowest BCUT2D eigenvalue weighted by atomic mass is 9.95. The molecule has 0 spiro atoms. The number of aliphatic hydroxyl groups is 1. The molecule has 29 heavy (non-hydrogen) atoms. The van der Waals surface area contributed by atoms with E-state index in [9.17, 15) is 14.3 Å². The molecule has 1 aliphatic rings. The van der Waals surface area contributed by atoms with Gasteiger partial charge in [-0.3, -0.25) is 10.1 Å². The Balaban J connectivity index is 1.41. The Hall–Kier alpha value is -1.89. The summed E-state index contributed by atoms with van der Waals surface area (Å²) in [6.45, 7) is 5.53. The van der Waals surface area contributed by atoms with E-state index in [1.807, 2.05) is 29.2 Å². The highest BCUT2D eigenvalue weighted by atomic mass is 32.2. The molecule has 1 fully saturated rings. The van der Waals surface area contributed by atoms with Gasteiger partial charge in [0.1, 0.15) is 12.0 Å². The molecule has 1 saturated heterocycles. The molecule has 1 aliphatic heterocycles. The fourth-order valence-corrected chi connectivity index (χ4v) is 4.48. The monoisotopic (exact) mass is 416 g/mol. The second kappa shape index (κ2) is 10.2. The first-order valence-corrected chi connectivity index (χ1v) is 11.1. The average molecular weight is 417 g/mol. The number of piperidine rings is 1. The van der Waals surface area contributed by atoms with Gasteiger partial charge in [0.15, 0.2) is 0 Å². The molecule has 3 rings (SSSR count). The third kappa shape index (κ3) is 6.04. The van der Waals surface area contributed by atoms with Crippen LogP contribution in [-0.4, -0.2) is 41.0 Å². The molecule has 156 valence electrons. The number of benzene rings is 2. The van der Waals surface area contributed by atoms with Crippen molar-refractivity contribution in [1.29, 1.82) is 0 Å². The van der Waals surface area contributed by atoms with Gasteiger partial charge in [0.25, 0.3) is 0 Å². The van der Waals surface area contributed by atoms with Gasteiger partial charge in [0, 0.05) is 30.4 Å². The van der Waals surface area contributed by atoms with E-state index in [1.165, 1.54) is 11.6 Å². The third-order valence-corrected chi connectivity index (χ3v) is 6.70. The van der Waals surface area contributed by atoms with Crippen LogP contribution in [0, 0.1) is 25.6 Å². The van der Waals surface area contributed by atoms with Crippen LogP contribution < -0.4 is 5.32 Å². The molecule has 1 heterocycles. The van der Waals surface area contributed by atoms with Gasteiger partial charge in [-0.05, 0) is 55.5 Å². The number of amides is 1. The van der Waals surface area contributed by atoms with Gasteiger partial charge in [-0.1, -0.05) is 30.3 Å². The average Bonchev–Trinajstić information content (AvgIpc) is 2.73. The Morgan fingerprint density at radius 1 is 1.21 bits per heavy atom. The summed E-state index contributed by atoms with van der Waals surface area (Å²) >= 11 is 1.58. The van der Waals surface area contributed by atoms with Crippen LogP contribution >= 0.6 is 11.8 Å². The number of rotatable bonds is 7. The van der Waals surface area contributed by atoms with Crippen LogP contribution in [0.4, 0.5) is 4.39 Å². The minimum absolute atomic E-state index is 0.0957. The summed E-state index contributed by atoms with van der Waals surface area (Å²) in [7, 11) is 0. The minimum atomic E-state index is -0.655. The fourth-order valence-electron chi connectivity index (χ4n) is 3.55. The van der Waals surface area contributed by atoms with E-state index in [4.69, 9.17) is 0 Å². The van der Waals surface area contributed by atoms with Crippen molar-refractivity contribution in [1.82, 2.24) is 10.2 Å². The van der Waals surface area contributed by atoms with Crippen molar-refractivity contribution in [3.63, 3.8) is 0 Å². The molecule has 0 aliphatic carbocycles. The first kappa shape index (κ1) is 21.8. The fraction of sp³-hybridized carbons (Fsp3) is 0.435. The van der Waals surface area contributed by atoms with Crippen molar-refractivity contribution in [3.05, 3.63) is 65.0 Å². The molecule has 2 N–H and O–H groups in total. The standard InChI is InChI=1S/C23H29FN2O2S/c1-16-7-8-18(13-20(16)24)14-25-23(28)19-9-11-26(12-10-19)22(27)15-29-21-6-4-3-5-17(21)2/h3-8,13,19,23,25,28H,9-12,14-15H2,1-2H3/t23-/m1/s1. The van der Waals surface area contributed by atoms with Gasteiger partial charge >= 0.3 is 0 Å². The van der Waals surface area contributed by atoms with Gasteiger partial charge in [-0.15, -0.1) is 11.8 Å². The molecule has 0 radical (unpaired) electrons. The van der Waals surface area contributed by atoms with Crippen LogP contribution in [0.15, 0.2) is 47.4 Å². The van der Waals surface area contributed by atoms with Crippen LogP contribution in [0.2, 0.25) is 0 Å². The van der Waals surface area contributed by atoms with E-state index < -0.39 is 6.23 Å². The van der Waals surface area contributed by atoms with Crippen molar-refractivity contribution in [3.8, 4) is 0 Å². The van der Waals surface area contributed by atoms with E-state index in [0.717, 1.165) is 23.3 Å². The lowest BCUT2D eigenvalue weighted by Crippen LogP contribution is -2.45. The highest BCUT2D eigenvalue weighted by Gasteiger charge is 2.27. The molecule has 1 atom stereocenters. The second-order valence-corrected chi connectivity index (χ2v) is 8.70. The number of halogens is 1. The van der Waals surface area contributed by atoms with Crippen LogP contribution in [-0.2, 0) is 11.3 Å². The number of hydrogen-bond acceptors (Lipinski definition) is 4. The van der Waals surface area contributed by atoms with E-state index in [-0.39, 0.29) is 17.6 Å². The first-order valence-electron chi connectivity index (χ1n) is 10.1. The highest BCUT2D eigenvalue weighted by Crippen LogP contribution is 2.24. The number of nitrogens with one attached hydrogen (secondary N) is 1. The number of nitrogens with zero attached hydrogens (tertiary/aromatic N) is 1. The summed E-state index contributed by atoms with van der Waals surface area (Å²) in [5, 5.41) is 13.5. The molecule has 0 saturated carbocycles. The van der Waals surface area contributed by atoms with Crippen molar-refractivity contribution < 1.29 is 14.3 Å². The molecule has 6 heteroatoms. The maximum atomic E-state index is 13.6. The highest BCUT2D eigenvalue weighted by molar-refractivity contribution is 8.00. The second-order valence-electron chi connectivity index (χ2n) is 7.68. The number of aliphatic hydroxyl groups excluding tert-OH is 1. The molecule has 1 amide bonds. The van der Waals surface area contributed by atoms with Crippen molar-refractivity contribution in [2.75, 3.05) is 18.8 Å². The number of aryl methyl sites for hydroxylation is 2. The Morgan fingerprint density at radius 2 is 1.93 bits per heavy atom. The zero-order valence-electron chi connectivity index (χ0n) is 17.0. The normalized spacial score (nSPS) is 16.1. The third-order valence-electron chi connectivity index (χ3n) is 5.54. The maximum Gasteiger partial charge on any atom is 0.232 e. The number of carbonyl (C=O) groups is 1. The summed E-state index contributed by atoms with van der Waals surface area (Å²) in [6.07, 6.45) is 0.868. The number of carbonyl (C=O) groups excluding carboxylic acids is 1. The Kier molecular flexibility index (Phi) is 7.70. The zero-order chi connectivity index (χ0) is 20.8. The molecule has 0 unspecified atom stereocenters. The van der Waals surface area contributed by atoms with Crippen molar-refractivity contribution in [2.24, 2.45) is 5.92 Å². The smallest absolute Gasteiger partial charge is 0.232 e. The molecule has 0 aromatic heterocycles. The molecule has 4 nitrogen and oxygen atoms in total. The number of thioether (sulfide) groups is 1. The van der Waals surface area contributed by atoms with Crippen LogP contribution in [0.1, 0.15) is 29.5 Å². The predicted octanol–water partition coefficient (Wildman–Crippen LogP) is 3.88. The van der Waals surface area contributed by atoms with E-state index >= 15 is 0 Å². The zero-order valence-corrected chi connectivity index (χ0v) is 17.8. The van der Waals surface area contributed by atoms with E-state index in [1.54, 1.807) is 24.8 Å². The lowest BCUT2D eigenvalue weighted by molar-refractivity contribution is -0.130. The topological polar surface area (TPSA) is 52.6 Å².